The van der Waals surface area contributed by atoms with Crippen LogP contribution < -0.4 is 9.47 Å². The first-order chi connectivity index (χ1) is 14.4. The highest BCUT2D eigenvalue weighted by atomic mass is 32.1. The van der Waals surface area contributed by atoms with Gasteiger partial charge in [-0.3, -0.25) is 4.98 Å². The van der Waals surface area contributed by atoms with Crippen LogP contribution in [0.25, 0.3) is 21.4 Å². The minimum absolute atomic E-state index is 0.0583. The molecule has 6 nitrogen and oxygen atoms in total. The quantitative estimate of drug-likeness (QED) is 0.396. The van der Waals surface area contributed by atoms with Gasteiger partial charge in [0.05, 0.1) is 23.2 Å². The van der Waals surface area contributed by atoms with Crippen molar-refractivity contribution in [2.45, 2.75) is 12.8 Å². The zero-order valence-corrected chi connectivity index (χ0v) is 17.0. The molecule has 0 spiro atoms. The second-order valence-electron chi connectivity index (χ2n) is 5.95. The van der Waals surface area contributed by atoms with E-state index in [4.69, 9.17) is 9.47 Å². The molecule has 3 heterocycles. The number of thiazole rings is 2. The smallest absolute Gasteiger partial charge is 0.434 e. The molecule has 30 heavy (non-hydrogen) atoms. The van der Waals surface area contributed by atoms with Gasteiger partial charge in [0.25, 0.3) is 0 Å². The standard InChI is InChI=1S/C19H13F3N4O2S2/c1-27-12-4-2-11(3-5-12)8-28-16-6-13(14-7-23-10-30-14)24-17(26-16)18-25-15(9-29-18)19(20,21)22/h2-7,9-10H,8H2,1H3. The molecule has 0 unspecified atom stereocenters. The van der Waals surface area contributed by atoms with Crippen LogP contribution >= 0.6 is 22.7 Å². The number of nitrogens with zero attached hydrogens (tertiary/aromatic N) is 4. The number of ether oxygens (including phenoxy) is 2. The summed E-state index contributed by atoms with van der Waals surface area (Å²) in [7, 11) is 1.58. The van der Waals surface area contributed by atoms with Crippen LogP contribution in [0.3, 0.4) is 0 Å². The van der Waals surface area contributed by atoms with Gasteiger partial charge in [0.15, 0.2) is 16.5 Å². The van der Waals surface area contributed by atoms with Crippen LogP contribution in [0.2, 0.25) is 0 Å². The Balaban J connectivity index is 1.65. The molecule has 0 bridgehead atoms. The van der Waals surface area contributed by atoms with E-state index in [1.54, 1.807) is 37.0 Å². The maximum atomic E-state index is 12.9. The zero-order chi connectivity index (χ0) is 21.1. The van der Waals surface area contributed by atoms with Gasteiger partial charge in [-0.1, -0.05) is 12.1 Å². The Kier molecular flexibility index (Phi) is 5.64. The van der Waals surface area contributed by atoms with Crippen molar-refractivity contribution in [3.05, 3.63) is 58.7 Å². The lowest BCUT2D eigenvalue weighted by molar-refractivity contribution is -0.140. The second kappa shape index (κ2) is 8.36. The van der Waals surface area contributed by atoms with Crippen LogP contribution in [0.1, 0.15) is 11.3 Å². The Morgan fingerprint density at radius 2 is 1.83 bits per heavy atom. The van der Waals surface area contributed by atoms with Crippen LogP contribution in [0.15, 0.2) is 47.4 Å². The van der Waals surface area contributed by atoms with Crippen molar-refractivity contribution in [1.82, 2.24) is 19.9 Å². The predicted molar refractivity (Wildman–Crippen MR) is 107 cm³/mol. The lowest BCUT2D eigenvalue weighted by Gasteiger charge is -2.09. The van der Waals surface area contributed by atoms with E-state index in [0.29, 0.717) is 5.69 Å². The first kappa shape index (κ1) is 20.2. The van der Waals surface area contributed by atoms with Gasteiger partial charge in [-0.25, -0.2) is 9.97 Å². The molecule has 0 aliphatic heterocycles. The average molecular weight is 450 g/mol. The van der Waals surface area contributed by atoms with Gasteiger partial charge in [0.2, 0.25) is 5.88 Å². The third kappa shape index (κ3) is 4.57. The fraction of sp³-hybridized carbons (Fsp3) is 0.158. The fourth-order valence-electron chi connectivity index (χ4n) is 2.45. The van der Waals surface area contributed by atoms with E-state index in [2.05, 4.69) is 19.9 Å². The number of halogens is 3. The number of aromatic nitrogens is 4. The van der Waals surface area contributed by atoms with E-state index in [9.17, 15) is 13.2 Å². The highest BCUT2D eigenvalue weighted by molar-refractivity contribution is 7.13. The number of methoxy groups -OCH3 is 1. The van der Waals surface area contributed by atoms with E-state index >= 15 is 0 Å². The molecular formula is C19H13F3N4O2S2. The Bertz CT molecular complexity index is 1130. The molecular weight excluding hydrogens is 437 g/mol. The minimum atomic E-state index is -4.53. The van der Waals surface area contributed by atoms with Gasteiger partial charge < -0.3 is 9.47 Å². The molecule has 0 aliphatic rings. The summed E-state index contributed by atoms with van der Waals surface area (Å²) in [5, 5.41) is 0.999. The van der Waals surface area contributed by atoms with Crippen molar-refractivity contribution in [2.24, 2.45) is 0 Å². The van der Waals surface area contributed by atoms with Gasteiger partial charge >= 0.3 is 6.18 Å². The fourth-order valence-corrected chi connectivity index (χ4v) is 3.79. The molecule has 0 amide bonds. The number of hydrogen-bond donors (Lipinski definition) is 0. The lowest BCUT2D eigenvalue weighted by atomic mass is 10.2. The van der Waals surface area contributed by atoms with E-state index in [1.165, 1.54) is 11.3 Å². The Hall–Kier alpha value is -3.05. The SMILES string of the molecule is COc1ccc(COc2cc(-c3cncs3)nc(-c3nc(C(F)(F)F)cs3)n2)cc1. The molecule has 4 aromatic rings. The van der Waals surface area contributed by atoms with Crippen molar-refractivity contribution < 1.29 is 22.6 Å². The molecule has 3 aromatic heterocycles. The monoisotopic (exact) mass is 450 g/mol. The summed E-state index contributed by atoms with van der Waals surface area (Å²) in [5.74, 6) is 1.01. The van der Waals surface area contributed by atoms with E-state index in [-0.39, 0.29) is 23.3 Å². The molecule has 0 N–H and O–H groups in total. The molecule has 0 aliphatic carbocycles. The summed E-state index contributed by atoms with van der Waals surface area (Å²) < 4.78 is 49.7. The highest BCUT2D eigenvalue weighted by Gasteiger charge is 2.34. The Morgan fingerprint density at radius 1 is 1.03 bits per heavy atom. The number of rotatable bonds is 6. The minimum Gasteiger partial charge on any atom is -0.497 e. The van der Waals surface area contributed by atoms with E-state index < -0.39 is 11.9 Å². The van der Waals surface area contributed by atoms with Crippen molar-refractivity contribution in [3.8, 4) is 33.0 Å². The first-order valence-electron chi connectivity index (χ1n) is 8.49. The van der Waals surface area contributed by atoms with Crippen molar-refractivity contribution in [2.75, 3.05) is 7.11 Å². The van der Waals surface area contributed by atoms with Gasteiger partial charge in [0, 0.05) is 17.6 Å². The summed E-state index contributed by atoms with van der Waals surface area (Å²) >= 11 is 2.17. The lowest BCUT2D eigenvalue weighted by Crippen LogP contribution is -2.05. The summed E-state index contributed by atoms with van der Waals surface area (Å²) in [4.78, 5) is 17.0. The van der Waals surface area contributed by atoms with Gasteiger partial charge in [-0.15, -0.1) is 22.7 Å². The Labute approximate surface area is 177 Å². The van der Waals surface area contributed by atoms with Crippen LogP contribution in [-0.2, 0) is 12.8 Å². The van der Waals surface area contributed by atoms with Gasteiger partial charge in [-0.2, -0.15) is 18.2 Å². The van der Waals surface area contributed by atoms with Crippen LogP contribution in [0.5, 0.6) is 11.6 Å². The van der Waals surface area contributed by atoms with Crippen LogP contribution in [-0.4, -0.2) is 27.0 Å². The van der Waals surface area contributed by atoms with Crippen molar-refractivity contribution in [1.29, 1.82) is 0 Å². The van der Waals surface area contributed by atoms with E-state index in [1.807, 2.05) is 12.1 Å². The topological polar surface area (TPSA) is 70.0 Å². The van der Waals surface area contributed by atoms with Crippen LogP contribution in [0.4, 0.5) is 13.2 Å². The molecule has 0 saturated carbocycles. The number of hydrogen-bond acceptors (Lipinski definition) is 8. The summed E-state index contributed by atoms with van der Waals surface area (Å²) in [5.41, 5.74) is 2.04. The summed E-state index contributed by atoms with van der Waals surface area (Å²) in [6, 6.07) is 8.93. The molecule has 0 saturated heterocycles. The zero-order valence-electron chi connectivity index (χ0n) is 15.4. The molecule has 0 atom stereocenters. The van der Waals surface area contributed by atoms with Gasteiger partial charge in [-0.05, 0) is 17.7 Å². The maximum absolute atomic E-state index is 12.9. The largest absolute Gasteiger partial charge is 0.497 e. The second-order valence-corrected chi connectivity index (χ2v) is 7.70. The maximum Gasteiger partial charge on any atom is 0.434 e. The molecule has 154 valence electrons. The molecule has 4 rings (SSSR count). The average Bonchev–Trinajstić information content (AvgIpc) is 3.44. The first-order valence-corrected chi connectivity index (χ1v) is 10.2. The van der Waals surface area contributed by atoms with Crippen molar-refractivity contribution in [3.63, 3.8) is 0 Å². The summed E-state index contributed by atoms with van der Waals surface area (Å²) in [6.07, 6.45) is -2.91. The predicted octanol–water partition coefficient (Wildman–Crippen LogP) is 5.33. The van der Waals surface area contributed by atoms with E-state index in [0.717, 1.165) is 32.9 Å². The van der Waals surface area contributed by atoms with Crippen molar-refractivity contribution >= 4 is 22.7 Å². The third-order valence-electron chi connectivity index (χ3n) is 3.92. The molecule has 1 aromatic carbocycles. The normalized spacial score (nSPS) is 11.5. The number of benzene rings is 1. The Morgan fingerprint density at radius 3 is 2.47 bits per heavy atom. The summed E-state index contributed by atoms with van der Waals surface area (Å²) in [6.45, 7) is 0.217. The van der Waals surface area contributed by atoms with Crippen LogP contribution in [0, 0.1) is 0 Å². The molecule has 0 radical (unpaired) electrons. The number of alkyl halides is 3. The molecule has 0 fully saturated rings. The molecule has 11 heteroatoms. The third-order valence-corrected chi connectivity index (χ3v) is 5.55. The van der Waals surface area contributed by atoms with Gasteiger partial charge in [0.1, 0.15) is 12.4 Å². The highest BCUT2D eigenvalue weighted by Crippen LogP contribution is 2.34.